The molecule has 1 aliphatic rings. The van der Waals surface area contributed by atoms with Crippen LogP contribution in [0.3, 0.4) is 0 Å². The molecule has 1 heterocycles. The van der Waals surface area contributed by atoms with Crippen molar-refractivity contribution in [3.63, 3.8) is 0 Å². The summed E-state index contributed by atoms with van der Waals surface area (Å²) in [6.45, 7) is 2.20. The molecule has 2 aromatic rings. The molecule has 8 heteroatoms. The molecule has 1 saturated heterocycles. The molecule has 0 spiro atoms. The third-order valence-electron chi connectivity index (χ3n) is 5.07. The monoisotopic (exact) mass is 421 g/mol. The van der Waals surface area contributed by atoms with Crippen LogP contribution >= 0.6 is 11.6 Å². The average molecular weight is 422 g/mol. The van der Waals surface area contributed by atoms with Crippen molar-refractivity contribution >= 4 is 17.7 Å². The standard InChI is InChI=1S/C21H24ClNO6/c1-2-29-15-6-3-12(4-7-15)9-14-10-13(5-8-16(14)22)18-20(26)19(25)17(24)11-23(18)21(27)28/h3-8,10,17-20,24-26H,2,9,11H2,1H3,(H,27,28)/t17-,18+,19+,20+/m1/s1. The van der Waals surface area contributed by atoms with Gasteiger partial charge in [0, 0.05) is 5.02 Å². The van der Waals surface area contributed by atoms with Gasteiger partial charge in [0.25, 0.3) is 0 Å². The first-order chi connectivity index (χ1) is 13.8. The van der Waals surface area contributed by atoms with Crippen LogP contribution in [0.15, 0.2) is 42.5 Å². The average Bonchev–Trinajstić information content (AvgIpc) is 2.69. The van der Waals surface area contributed by atoms with Gasteiger partial charge in [-0.05, 0) is 48.2 Å². The van der Waals surface area contributed by atoms with Crippen molar-refractivity contribution in [1.29, 1.82) is 0 Å². The molecule has 3 rings (SSSR count). The quantitative estimate of drug-likeness (QED) is 0.590. The molecule has 1 aliphatic heterocycles. The van der Waals surface area contributed by atoms with Crippen LogP contribution < -0.4 is 4.74 Å². The van der Waals surface area contributed by atoms with Crippen LogP contribution in [0.1, 0.15) is 29.7 Å². The minimum atomic E-state index is -1.46. The smallest absolute Gasteiger partial charge is 0.407 e. The van der Waals surface area contributed by atoms with Gasteiger partial charge in [-0.3, -0.25) is 4.90 Å². The zero-order valence-corrected chi connectivity index (χ0v) is 16.7. The molecule has 7 nitrogen and oxygen atoms in total. The largest absolute Gasteiger partial charge is 0.494 e. The first kappa shape index (κ1) is 21.4. The number of nitrogens with zero attached hydrogens (tertiary/aromatic N) is 1. The van der Waals surface area contributed by atoms with Gasteiger partial charge in [-0.15, -0.1) is 0 Å². The molecule has 2 aromatic carbocycles. The fourth-order valence-electron chi connectivity index (χ4n) is 3.60. The molecular formula is C21H24ClNO6. The molecule has 4 N–H and O–H groups in total. The van der Waals surface area contributed by atoms with E-state index in [1.165, 1.54) is 0 Å². The minimum absolute atomic E-state index is 0.297. The van der Waals surface area contributed by atoms with Gasteiger partial charge in [-0.2, -0.15) is 0 Å². The zero-order valence-electron chi connectivity index (χ0n) is 15.9. The summed E-state index contributed by atoms with van der Waals surface area (Å²) in [7, 11) is 0. The maximum atomic E-state index is 11.6. The Hall–Kier alpha value is -2.32. The van der Waals surface area contributed by atoms with Gasteiger partial charge >= 0.3 is 6.09 Å². The van der Waals surface area contributed by atoms with Gasteiger partial charge in [0.15, 0.2) is 0 Å². The SMILES string of the molecule is CCOc1ccc(Cc2cc([C@H]3[C@H](O)[C@@H](O)[C@H](O)CN3C(=O)O)ccc2Cl)cc1. The Morgan fingerprint density at radius 2 is 1.83 bits per heavy atom. The van der Waals surface area contributed by atoms with Crippen molar-refractivity contribution in [3.8, 4) is 5.75 Å². The fourth-order valence-corrected chi connectivity index (χ4v) is 3.78. The van der Waals surface area contributed by atoms with Crippen LogP contribution in [0.5, 0.6) is 5.75 Å². The summed E-state index contributed by atoms with van der Waals surface area (Å²) in [6, 6.07) is 11.6. The summed E-state index contributed by atoms with van der Waals surface area (Å²) >= 11 is 6.35. The third kappa shape index (κ3) is 4.64. The Kier molecular flexibility index (Phi) is 6.64. The van der Waals surface area contributed by atoms with Gasteiger partial charge in [-0.25, -0.2) is 4.79 Å². The van der Waals surface area contributed by atoms with Crippen LogP contribution in [0.25, 0.3) is 0 Å². The number of aliphatic hydroxyl groups is 3. The number of benzene rings is 2. The summed E-state index contributed by atoms with van der Waals surface area (Å²) < 4.78 is 5.44. The van der Waals surface area contributed by atoms with Crippen molar-refractivity contribution in [2.75, 3.05) is 13.2 Å². The van der Waals surface area contributed by atoms with E-state index in [4.69, 9.17) is 16.3 Å². The lowest BCUT2D eigenvalue weighted by molar-refractivity contribution is -0.130. The van der Waals surface area contributed by atoms with Crippen molar-refractivity contribution in [2.45, 2.75) is 37.7 Å². The van der Waals surface area contributed by atoms with Gasteiger partial charge in [0.2, 0.25) is 0 Å². The Bertz CT molecular complexity index is 859. The molecule has 1 amide bonds. The van der Waals surface area contributed by atoms with Crippen molar-refractivity contribution in [2.24, 2.45) is 0 Å². The minimum Gasteiger partial charge on any atom is -0.494 e. The number of aliphatic hydroxyl groups excluding tert-OH is 3. The van der Waals surface area contributed by atoms with Gasteiger partial charge < -0.3 is 25.2 Å². The first-order valence-corrected chi connectivity index (χ1v) is 9.73. The Morgan fingerprint density at radius 3 is 2.45 bits per heavy atom. The van der Waals surface area contributed by atoms with E-state index in [1.807, 2.05) is 31.2 Å². The van der Waals surface area contributed by atoms with Crippen LogP contribution in [0.2, 0.25) is 5.02 Å². The van der Waals surface area contributed by atoms with E-state index in [0.29, 0.717) is 23.6 Å². The number of halogens is 1. The number of carboxylic acid groups (broad SMARTS) is 1. The molecule has 156 valence electrons. The van der Waals surface area contributed by atoms with Gasteiger partial charge in [-0.1, -0.05) is 35.9 Å². The topological polar surface area (TPSA) is 110 Å². The number of likely N-dealkylation sites (tertiary alicyclic amines) is 1. The molecule has 0 aliphatic carbocycles. The van der Waals surface area contributed by atoms with Crippen molar-refractivity contribution in [3.05, 3.63) is 64.2 Å². The number of ether oxygens (including phenoxy) is 1. The second kappa shape index (κ2) is 9.00. The molecule has 29 heavy (non-hydrogen) atoms. The summed E-state index contributed by atoms with van der Waals surface area (Å²) in [6.07, 6.45) is -5.05. The summed E-state index contributed by atoms with van der Waals surface area (Å²) in [4.78, 5) is 12.6. The zero-order chi connectivity index (χ0) is 21.1. The van der Waals surface area contributed by atoms with Crippen LogP contribution in [0.4, 0.5) is 4.79 Å². The van der Waals surface area contributed by atoms with E-state index >= 15 is 0 Å². The van der Waals surface area contributed by atoms with E-state index in [0.717, 1.165) is 21.8 Å². The number of piperidine rings is 1. The second-order valence-corrected chi connectivity index (χ2v) is 7.44. The van der Waals surface area contributed by atoms with E-state index in [1.54, 1.807) is 18.2 Å². The molecular weight excluding hydrogens is 398 g/mol. The van der Waals surface area contributed by atoms with Crippen LogP contribution in [-0.2, 0) is 6.42 Å². The Balaban J connectivity index is 1.89. The molecule has 0 aromatic heterocycles. The predicted molar refractivity (Wildman–Crippen MR) is 107 cm³/mol. The highest BCUT2D eigenvalue weighted by molar-refractivity contribution is 6.31. The number of hydrogen-bond acceptors (Lipinski definition) is 5. The predicted octanol–water partition coefficient (Wildman–Crippen LogP) is 2.45. The van der Waals surface area contributed by atoms with E-state index in [-0.39, 0.29) is 6.54 Å². The highest BCUT2D eigenvalue weighted by Gasteiger charge is 2.44. The van der Waals surface area contributed by atoms with Crippen molar-refractivity contribution in [1.82, 2.24) is 4.90 Å². The van der Waals surface area contributed by atoms with Gasteiger partial charge in [0.1, 0.15) is 24.1 Å². The van der Waals surface area contributed by atoms with Crippen molar-refractivity contribution < 1.29 is 30.0 Å². The summed E-state index contributed by atoms with van der Waals surface area (Å²) in [5, 5.41) is 40.4. The lowest BCUT2D eigenvalue weighted by atomic mass is 9.88. The van der Waals surface area contributed by atoms with E-state index in [9.17, 15) is 25.2 Å². The first-order valence-electron chi connectivity index (χ1n) is 9.35. The maximum Gasteiger partial charge on any atom is 0.407 e. The highest BCUT2D eigenvalue weighted by atomic mass is 35.5. The molecule has 0 bridgehead atoms. The van der Waals surface area contributed by atoms with Crippen LogP contribution in [-0.4, -0.2) is 62.9 Å². The number of hydrogen-bond donors (Lipinski definition) is 4. The molecule has 0 radical (unpaired) electrons. The fraction of sp³-hybridized carbons (Fsp3) is 0.381. The third-order valence-corrected chi connectivity index (χ3v) is 5.44. The maximum absolute atomic E-state index is 11.6. The lowest BCUT2D eigenvalue weighted by Gasteiger charge is -2.42. The summed E-state index contributed by atoms with van der Waals surface area (Å²) in [5.74, 6) is 0.770. The number of β-amino-alcohol motifs (C(OH)–C–C–N with tert-alkyl or cyclic N) is 1. The molecule has 4 atom stereocenters. The van der Waals surface area contributed by atoms with Crippen LogP contribution in [0, 0.1) is 0 Å². The summed E-state index contributed by atoms with van der Waals surface area (Å²) in [5.41, 5.74) is 2.24. The Morgan fingerprint density at radius 1 is 1.14 bits per heavy atom. The normalized spacial score (nSPS) is 24.4. The molecule has 1 fully saturated rings. The number of rotatable bonds is 5. The lowest BCUT2D eigenvalue weighted by Crippen LogP contribution is -2.58. The van der Waals surface area contributed by atoms with E-state index < -0.39 is 30.4 Å². The Labute approximate surface area is 173 Å². The van der Waals surface area contributed by atoms with E-state index in [2.05, 4.69) is 0 Å². The molecule has 0 saturated carbocycles. The number of amides is 1. The molecule has 0 unspecified atom stereocenters. The second-order valence-electron chi connectivity index (χ2n) is 7.03. The highest BCUT2D eigenvalue weighted by Crippen LogP contribution is 2.34. The number of carbonyl (C=O) groups is 1. The van der Waals surface area contributed by atoms with Gasteiger partial charge in [0.05, 0.1) is 19.2 Å².